The van der Waals surface area contributed by atoms with Gasteiger partial charge in [-0.25, -0.2) is 0 Å². The number of carbonyl (C=O) groups is 2. The van der Waals surface area contributed by atoms with E-state index in [1.807, 2.05) is 4.90 Å². The minimum atomic E-state index is -0.309. The third-order valence-corrected chi connectivity index (χ3v) is 7.09. The minimum Gasteiger partial charge on any atom is -0.465 e. The van der Waals surface area contributed by atoms with Crippen molar-refractivity contribution in [2.75, 3.05) is 38.0 Å². The molecular formula is C26H32N4O3S. The molecule has 0 radical (unpaired) electrons. The summed E-state index contributed by atoms with van der Waals surface area (Å²) in [5.41, 5.74) is 3.60. The second-order valence-corrected chi connectivity index (χ2v) is 9.81. The summed E-state index contributed by atoms with van der Waals surface area (Å²) in [6.45, 7) is 7.43. The fourth-order valence-corrected chi connectivity index (χ4v) is 5.17. The van der Waals surface area contributed by atoms with E-state index in [9.17, 15) is 9.59 Å². The molecule has 2 fully saturated rings. The zero-order valence-electron chi connectivity index (χ0n) is 19.8. The molecule has 2 saturated heterocycles. The maximum Gasteiger partial charge on any atom is 0.244 e. The number of aryl methyl sites for hydroxylation is 2. The Morgan fingerprint density at radius 3 is 2.41 bits per heavy atom. The molecule has 0 unspecified atom stereocenters. The Morgan fingerprint density at radius 1 is 1.09 bits per heavy atom. The molecule has 2 aliphatic rings. The van der Waals surface area contributed by atoms with Crippen molar-refractivity contribution in [3.05, 3.63) is 59.6 Å². The number of nitrogens with one attached hydrogen (secondary N) is 2. The maximum absolute atomic E-state index is 12.7. The predicted molar refractivity (Wildman–Crippen MR) is 137 cm³/mol. The molecule has 34 heavy (non-hydrogen) atoms. The molecule has 1 aromatic heterocycles. The van der Waals surface area contributed by atoms with Crippen LogP contribution in [0.15, 0.2) is 47.1 Å². The molecule has 2 N–H and O–H groups in total. The quantitative estimate of drug-likeness (QED) is 0.502. The smallest absolute Gasteiger partial charge is 0.244 e. The molecule has 0 aliphatic carbocycles. The van der Waals surface area contributed by atoms with Gasteiger partial charge in [0.05, 0.1) is 12.8 Å². The molecular weight excluding hydrogens is 448 g/mol. The lowest BCUT2D eigenvalue weighted by atomic mass is 9.78. The lowest BCUT2D eigenvalue weighted by molar-refractivity contribution is -0.131. The minimum absolute atomic E-state index is 0.00739. The zero-order valence-corrected chi connectivity index (χ0v) is 20.6. The summed E-state index contributed by atoms with van der Waals surface area (Å²) in [7, 11) is 0. The van der Waals surface area contributed by atoms with Gasteiger partial charge in [-0.2, -0.15) is 0 Å². The number of hydrogen-bond donors (Lipinski definition) is 2. The first-order valence-corrected chi connectivity index (χ1v) is 12.1. The standard InChI is InChI=1S/C26H32N4O3S/c1-19-14-20(2)16-21(15-19)28-25(34)29-10-7-26(8-11-29)9-12-30(18-26)24(32)17-27-23(31)6-5-22-4-3-13-33-22/h3-6,13-16H,7-12,17-18H2,1-2H3,(H,27,31)(H,28,34)/b6-5-. The summed E-state index contributed by atoms with van der Waals surface area (Å²) in [5.74, 6) is 0.251. The molecule has 2 aliphatic heterocycles. The highest BCUT2D eigenvalue weighted by Crippen LogP contribution is 2.40. The average molecular weight is 481 g/mol. The lowest BCUT2D eigenvalue weighted by Crippen LogP contribution is -2.46. The number of furan rings is 1. The monoisotopic (exact) mass is 480 g/mol. The molecule has 1 aromatic carbocycles. The van der Waals surface area contributed by atoms with Crippen LogP contribution < -0.4 is 10.6 Å². The third-order valence-electron chi connectivity index (χ3n) is 6.73. The second kappa shape index (κ2) is 10.4. The van der Waals surface area contributed by atoms with E-state index < -0.39 is 0 Å². The maximum atomic E-state index is 12.7. The van der Waals surface area contributed by atoms with Gasteiger partial charge in [-0.1, -0.05) is 6.07 Å². The number of rotatable bonds is 5. The summed E-state index contributed by atoms with van der Waals surface area (Å²) < 4.78 is 5.16. The zero-order chi connectivity index (χ0) is 24.1. The Balaban J connectivity index is 1.22. The number of piperidine rings is 1. The first-order chi connectivity index (χ1) is 16.3. The number of benzene rings is 1. The van der Waals surface area contributed by atoms with Crippen molar-refractivity contribution < 1.29 is 14.0 Å². The largest absolute Gasteiger partial charge is 0.465 e. The predicted octanol–water partition coefficient (Wildman–Crippen LogP) is 3.74. The van der Waals surface area contributed by atoms with Crippen LogP contribution in [-0.4, -0.2) is 59.5 Å². The molecule has 3 heterocycles. The molecule has 180 valence electrons. The Kier molecular flexibility index (Phi) is 7.36. The van der Waals surface area contributed by atoms with Gasteiger partial charge in [0, 0.05) is 37.9 Å². The van der Waals surface area contributed by atoms with Gasteiger partial charge in [0.1, 0.15) is 5.76 Å². The van der Waals surface area contributed by atoms with Gasteiger partial charge in [-0.15, -0.1) is 0 Å². The van der Waals surface area contributed by atoms with Crippen molar-refractivity contribution in [1.82, 2.24) is 15.1 Å². The van der Waals surface area contributed by atoms with E-state index in [0.29, 0.717) is 5.76 Å². The van der Waals surface area contributed by atoms with Crippen LogP contribution in [0.2, 0.25) is 0 Å². The molecule has 2 amide bonds. The van der Waals surface area contributed by atoms with E-state index in [0.717, 1.165) is 56.2 Å². The van der Waals surface area contributed by atoms with Crippen molar-refractivity contribution in [2.24, 2.45) is 5.41 Å². The van der Waals surface area contributed by atoms with Gasteiger partial charge in [0.25, 0.3) is 0 Å². The van der Waals surface area contributed by atoms with Crippen LogP contribution >= 0.6 is 12.2 Å². The molecule has 0 bridgehead atoms. The summed E-state index contributed by atoms with van der Waals surface area (Å²) in [6.07, 6.45) is 7.51. The molecule has 0 atom stereocenters. The Hall–Kier alpha value is -3.13. The van der Waals surface area contributed by atoms with Crippen LogP contribution in [0.5, 0.6) is 0 Å². The highest BCUT2D eigenvalue weighted by atomic mass is 32.1. The van der Waals surface area contributed by atoms with E-state index in [1.54, 1.807) is 24.5 Å². The van der Waals surface area contributed by atoms with Crippen LogP contribution in [0, 0.1) is 19.3 Å². The van der Waals surface area contributed by atoms with E-state index in [2.05, 4.69) is 47.6 Å². The SMILES string of the molecule is Cc1cc(C)cc(NC(=S)N2CCC3(CCN(C(=O)CNC(=O)/C=C\c4ccco4)C3)CC2)c1. The fraction of sp³-hybridized carbons (Fsp3) is 0.423. The van der Waals surface area contributed by atoms with E-state index in [1.165, 1.54) is 17.2 Å². The van der Waals surface area contributed by atoms with Crippen LogP contribution in [0.4, 0.5) is 5.69 Å². The molecule has 7 nitrogen and oxygen atoms in total. The molecule has 4 rings (SSSR count). The Bertz CT molecular complexity index is 1050. The van der Waals surface area contributed by atoms with Crippen molar-refractivity contribution in [3.8, 4) is 0 Å². The van der Waals surface area contributed by atoms with Crippen molar-refractivity contribution >= 4 is 40.9 Å². The van der Waals surface area contributed by atoms with Gasteiger partial charge in [0.2, 0.25) is 11.8 Å². The van der Waals surface area contributed by atoms with E-state index in [-0.39, 0.29) is 23.8 Å². The number of carbonyl (C=O) groups excluding carboxylic acids is 2. The number of nitrogens with zero attached hydrogens (tertiary/aromatic N) is 2. The summed E-state index contributed by atoms with van der Waals surface area (Å²) in [6, 6.07) is 9.88. The van der Waals surface area contributed by atoms with Crippen LogP contribution in [0.25, 0.3) is 6.08 Å². The summed E-state index contributed by atoms with van der Waals surface area (Å²) in [5, 5.41) is 6.82. The number of amides is 2. The van der Waals surface area contributed by atoms with Crippen molar-refractivity contribution in [3.63, 3.8) is 0 Å². The van der Waals surface area contributed by atoms with Crippen molar-refractivity contribution in [1.29, 1.82) is 0 Å². The lowest BCUT2D eigenvalue weighted by Gasteiger charge is -2.40. The van der Waals surface area contributed by atoms with Crippen molar-refractivity contribution in [2.45, 2.75) is 33.1 Å². The molecule has 1 spiro atoms. The topological polar surface area (TPSA) is 77.8 Å². The second-order valence-electron chi connectivity index (χ2n) is 9.43. The van der Waals surface area contributed by atoms with E-state index in [4.69, 9.17) is 16.6 Å². The highest BCUT2D eigenvalue weighted by molar-refractivity contribution is 7.80. The number of hydrogen-bond acceptors (Lipinski definition) is 4. The normalized spacial score (nSPS) is 17.4. The molecule has 2 aromatic rings. The van der Waals surface area contributed by atoms with Crippen LogP contribution in [0.1, 0.15) is 36.1 Å². The first kappa shape index (κ1) is 24.0. The van der Waals surface area contributed by atoms with Gasteiger partial charge < -0.3 is 24.9 Å². The number of anilines is 1. The Morgan fingerprint density at radius 2 is 1.76 bits per heavy atom. The molecule has 8 heteroatoms. The number of thiocarbonyl (C=S) groups is 1. The van der Waals surface area contributed by atoms with Gasteiger partial charge >= 0.3 is 0 Å². The summed E-state index contributed by atoms with van der Waals surface area (Å²) >= 11 is 5.68. The van der Waals surface area contributed by atoms with Gasteiger partial charge in [-0.3, -0.25) is 9.59 Å². The fourth-order valence-electron chi connectivity index (χ4n) is 4.87. The third kappa shape index (κ3) is 6.05. The number of likely N-dealkylation sites (tertiary alicyclic amines) is 2. The van der Waals surface area contributed by atoms with E-state index >= 15 is 0 Å². The van der Waals surface area contributed by atoms with Crippen LogP contribution in [0.3, 0.4) is 0 Å². The first-order valence-electron chi connectivity index (χ1n) is 11.7. The Labute approximate surface area is 206 Å². The van der Waals surface area contributed by atoms with Gasteiger partial charge in [-0.05, 0) is 92.2 Å². The van der Waals surface area contributed by atoms with Gasteiger partial charge in [0.15, 0.2) is 5.11 Å². The summed E-state index contributed by atoms with van der Waals surface area (Å²) in [4.78, 5) is 28.8. The highest BCUT2D eigenvalue weighted by Gasteiger charge is 2.42. The average Bonchev–Trinajstić information content (AvgIpc) is 3.46. The van der Waals surface area contributed by atoms with Crippen LogP contribution in [-0.2, 0) is 9.59 Å². The molecule has 0 saturated carbocycles.